The van der Waals surface area contributed by atoms with Crippen molar-refractivity contribution >= 4 is 11.3 Å². The Hall–Kier alpha value is -1.87. The molecule has 0 bridgehead atoms. The third-order valence-corrected chi connectivity index (χ3v) is 7.18. The molecule has 3 rings (SSSR count). The maximum Gasteiger partial charge on any atom is 0.167 e. The summed E-state index contributed by atoms with van der Waals surface area (Å²) >= 11 is 1.84. The fraction of sp³-hybridized carbons (Fsp3) is 0.536. The molecule has 0 aliphatic carbocycles. The number of benzene rings is 1. The van der Waals surface area contributed by atoms with Crippen LogP contribution >= 0.6 is 11.3 Å². The zero-order chi connectivity index (χ0) is 21.7. The molecule has 0 saturated heterocycles. The normalized spacial score (nSPS) is 11.3. The molecule has 0 aliphatic heterocycles. The van der Waals surface area contributed by atoms with Crippen LogP contribution in [0, 0.1) is 0 Å². The fourth-order valence-electron chi connectivity index (χ4n) is 4.03. The van der Waals surface area contributed by atoms with Crippen molar-refractivity contribution in [3.63, 3.8) is 0 Å². The van der Waals surface area contributed by atoms with E-state index < -0.39 is 0 Å². The molecule has 0 amide bonds. The Morgan fingerprint density at radius 3 is 2.10 bits per heavy atom. The van der Waals surface area contributed by atoms with Crippen LogP contribution in [0.3, 0.4) is 0 Å². The highest BCUT2D eigenvalue weighted by atomic mass is 32.1. The Morgan fingerprint density at radius 1 is 0.710 bits per heavy atom. The van der Waals surface area contributed by atoms with E-state index in [2.05, 4.69) is 61.5 Å². The lowest BCUT2D eigenvalue weighted by molar-refractivity contribution is 0.435. The van der Waals surface area contributed by atoms with Gasteiger partial charge in [-0.05, 0) is 43.4 Å². The number of aryl methyl sites for hydroxylation is 2. The molecule has 0 unspecified atom stereocenters. The number of unbranched alkanes of at least 4 members (excludes halogenated alkanes) is 9. The zero-order valence-electron chi connectivity index (χ0n) is 19.5. The van der Waals surface area contributed by atoms with Gasteiger partial charge in [0.05, 0.1) is 4.88 Å². The predicted molar refractivity (Wildman–Crippen MR) is 135 cm³/mol. The van der Waals surface area contributed by atoms with Gasteiger partial charge < -0.3 is 4.52 Å². The Morgan fingerprint density at radius 2 is 1.35 bits per heavy atom. The first-order valence-corrected chi connectivity index (χ1v) is 13.3. The van der Waals surface area contributed by atoms with E-state index in [4.69, 9.17) is 4.52 Å². The first-order valence-electron chi connectivity index (χ1n) is 12.4. The van der Waals surface area contributed by atoms with E-state index in [9.17, 15) is 0 Å². The number of rotatable bonds is 15. The molecule has 2 aromatic heterocycles. The first-order chi connectivity index (χ1) is 15.3. The standard InChI is InChI=1S/C28H39NOS/c1-3-5-7-8-9-10-11-13-14-23-16-18-24(19-17-23)27-22-26(29-30-27)28-21-20-25(31-28)15-12-6-4-2/h16-22H,3-15H2,1-2H3. The van der Waals surface area contributed by atoms with Crippen LogP contribution in [0.4, 0.5) is 0 Å². The summed E-state index contributed by atoms with van der Waals surface area (Å²) in [4.78, 5) is 2.64. The molecular weight excluding hydrogens is 398 g/mol. The van der Waals surface area contributed by atoms with Crippen molar-refractivity contribution in [2.24, 2.45) is 0 Å². The van der Waals surface area contributed by atoms with E-state index in [0.29, 0.717) is 0 Å². The molecule has 0 N–H and O–H groups in total. The van der Waals surface area contributed by atoms with Gasteiger partial charge in [-0.3, -0.25) is 0 Å². The Labute approximate surface area is 193 Å². The number of nitrogens with zero attached hydrogens (tertiary/aromatic N) is 1. The average Bonchev–Trinajstić information content (AvgIpc) is 3.46. The molecule has 3 heteroatoms. The summed E-state index contributed by atoms with van der Waals surface area (Å²) in [5, 5.41) is 4.33. The number of hydrogen-bond donors (Lipinski definition) is 0. The predicted octanol–water partition coefficient (Wildman–Crippen LogP) is 9.49. The molecule has 3 aromatic rings. The minimum absolute atomic E-state index is 0.856. The second kappa shape index (κ2) is 13.5. The molecule has 0 aliphatic rings. The smallest absolute Gasteiger partial charge is 0.167 e. The van der Waals surface area contributed by atoms with Gasteiger partial charge in [0, 0.05) is 16.5 Å². The van der Waals surface area contributed by atoms with Crippen LogP contribution < -0.4 is 0 Å². The Balaban J connectivity index is 1.44. The average molecular weight is 438 g/mol. The highest BCUT2D eigenvalue weighted by Crippen LogP contribution is 2.31. The minimum atomic E-state index is 0.856. The molecule has 31 heavy (non-hydrogen) atoms. The first kappa shape index (κ1) is 23.8. The summed E-state index contributed by atoms with van der Waals surface area (Å²) in [5.41, 5.74) is 3.48. The molecule has 168 valence electrons. The number of hydrogen-bond acceptors (Lipinski definition) is 3. The van der Waals surface area contributed by atoms with Crippen molar-refractivity contribution in [2.75, 3.05) is 0 Å². The summed E-state index contributed by atoms with van der Waals surface area (Å²) in [6.07, 6.45) is 17.1. The highest BCUT2D eigenvalue weighted by molar-refractivity contribution is 7.15. The van der Waals surface area contributed by atoms with Crippen LogP contribution in [-0.2, 0) is 12.8 Å². The largest absolute Gasteiger partial charge is 0.356 e. The lowest BCUT2D eigenvalue weighted by Crippen LogP contribution is -1.87. The van der Waals surface area contributed by atoms with Crippen molar-refractivity contribution in [3.05, 3.63) is 52.9 Å². The van der Waals surface area contributed by atoms with Gasteiger partial charge >= 0.3 is 0 Å². The molecule has 2 nitrogen and oxygen atoms in total. The fourth-order valence-corrected chi connectivity index (χ4v) is 5.03. The second-order valence-corrected chi connectivity index (χ2v) is 9.89. The molecule has 0 atom stereocenters. The molecule has 0 radical (unpaired) electrons. The van der Waals surface area contributed by atoms with E-state index in [1.165, 1.54) is 98.8 Å². The van der Waals surface area contributed by atoms with Crippen molar-refractivity contribution in [1.82, 2.24) is 5.16 Å². The van der Waals surface area contributed by atoms with Gasteiger partial charge in [0.25, 0.3) is 0 Å². The third-order valence-electron chi connectivity index (χ3n) is 6.01. The van der Waals surface area contributed by atoms with Crippen molar-refractivity contribution in [2.45, 2.75) is 97.3 Å². The topological polar surface area (TPSA) is 26.0 Å². The Bertz CT molecular complexity index is 861. The summed E-state index contributed by atoms with van der Waals surface area (Å²) in [6, 6.07) is 15.3. The summed E-state index contributed by atoms with van der Waals surface area (Å²) in [7, 11) is 0. The lowest BCUT2D eigenvalue weighted by Gasteiger charge is -2.03. The van der Waals surface area contributed by atoms with Gasteiger partial charge in [-0.25, -0.2) is 0 Å². The van der Waals surface area contributed by atoms with Crippen molar-refractivity contribution in [1.29, 1.82) is 0 Å². The molecule has 0 spiro atoms. The highest BCUT2D eigenvalue weighted by Gasteiger charge is 2.11. The maximum atomic E-state index is 5.66. The van der Waals surface area contributed by atoms with E-state index in [1.807, 2.05) is 11.3 Å². The Kier molecular flexibility index (Phi) is 10.4. The SMILES string of the molecule is CCCCCCCCCCc1ccc(-c2cc(-c3ccc(CCCCC)s3)no2)cc1. The molecule has 0 fully saturated rings. The van der Waals surface area contributed by atoms with E-state index in [0.717, 1.165) is 17.0 Å². The van der Waals surface area contributed by atoms with Crippen molar-refractivity contribution < 1.29 is 4.52 Å². The third kappa shape index (κ3) is 7.96. The molecule has 2 heterocycles. The molecule has 0 saturated carbocycles. The zero-order valence-corrected chi connectivity index (χ0v) is 20.3. The monoisotopic (exact) mass is 437 g/mol. The quantitative estimate of drug-likeness (QED) is 0.221. The second-order valence-electron chi connectivity index (χ2n) is 8.72. The van der Waals surface area contributed by atoms with E-state index in [1.54, 1.807) is 0 Å². The van der Waals surface area contributed by atoms with Gasteiger partial charge in [-0.15, -0.1) is 11.3 Å². The molecular formula is C28H39NOS. The van der Waals surface area contributed by atoms with Crippen molar-refractivity contribution in [3.8, 4) is 21.9 Å². The number of thiophene rings is 1. The van der Waals surface area contributed by atoms with Crippen LogP contribution in [-0.4, -0.2) is 5.16 Å². The maximum absolute atomic E-state index is 5.66. The minimum Gasteiger partial charge on any atom is -0.356 e. The van der Waals surface area contributed by atoms with Crippen LogP contribution in [0.2, 0.25) is 0 Å². The van der Waals surface area contributed by atoms with Crippen LogP contribution in [0.1, 0.15) is 94.9 Å². The van der Waals surface area contributed by atoms with E-state index >= 15 is 0 Å². The number of aromatic nitrogens is 1. The van der Waals surface area contributed by atoms with Crippen LogP contribution in [0.5, 0.6) is 0 Å². The summed E-state index contributed by atoms with van der Waals surface area (Å²) in [5.74, 6) is 0.856. The van der Waals surface area contributed by atoms with E-state index in [-0.39, 0.29) is 0 Å². The van der Waals surface area contributed by atoms with Crippen LogP contribution in [0.25, 0.3) is 21.9 Å². The van der Waals surface area contributed by atoms with Gasteiger partial charge in [0.2, 0.25) is 0 Å². The van der Waals surface area contributed by atoms with Crippen LogP contribution in [0.15, 0.2) is 47.0 Å². The lowest BCUT2D eigenvalue weighted by atomic mass is 10.0. The van der Waals surface area contributed by atoms with Gasteiger partial charge in [0.1, 0.15) is 5.69 Å². The summed E-state index contributed by atoms with van der Waals surface area (Å²) < 4.78 is 5.66. The summed E-state index contributed by atoms with van der Waals surface area (Å²) in [6.45, 7) is 4.53. The van der Waals surface area contributed by atoms with Gasteiger partial charge in [0.15, 0.2) is 5.76 Å². The molecule has 1 aromatic carbocycles. The van der Waals surface area contributed by atoms with Gasteiger partial charge in [-0.2, -0.15) is 0 Å². The van der Waals surface area contributed by atoms with Gasteiger partial charge in [-0.1, -0.05) is 101 Å².